The normalized spacial score (nSPS) is 9.70. The second kappa shape index (κ2) is 13.6. The second-order valence-corrected chi connectivity index (χ2v) is 5.35. The van der Waals surface area contributed by atoms with Crippen molar-refractivity contribution in [3.8, 4) is 11.1 Å². The molecule has 0 aliphatic heterocycles. The topological polar surface area (TPSA) is 80.3 Å². The first kappa shape index (κ1) is 25.5. The maximum atomic E-state index is 8.52. The molecule has 4 nitrogen and oxygen atoms in total. The van der Waals surface area contributed by atoms with Crippen molar-refractivity contribution in [2.75, 3.05) is 0 Å². The van der Waals surface area contributed by atoms with E-state index in [4.69, 9.17) is 17.5 Å². The number of benzene rings is 2. The largest absolute Gasteiger partial charge is 1.00 e. The zero-order valence-corrected chi connectivity index (χ0v) is 18.7. The van der Waals surface area contributed by atoms with Crippen LogP contribution in [0.25, 0.3) is 11.1 Å². The van der Waals surface area contributed by atoms with Gasteiger partial charge in [-0.3, -0.25) is 8.42 Å². The van der Waals surface area contributed by atoms with Crippen molar-refractivity contribution in [2.24, 2.45) is 0 Å². The molecule has 0 bridgehead atoms. The molecule has 114 valence electrons. The van der Waals surface area contributed by atoms with Crippen LogP contribution in [0.2, 0.25) is 0 Å². The Morgan fingerprint density at radius 3 is 1.87 bits per heavy atom. The molecule has 0 radical (unpaired) electrons. The van der Waals surface area contributed by atoms with Crippen molar-refractivity contribution in [3.05, 3.63) is 60.2 Å². The van der Waals surface area contributed by atoms with E-state index in [2.05, 4.69) is 61.5 Å². The summed E-state index contributed by atoms with van der Waals surface area (Å²) in [4.78, 5) is 0. The summed E-state index contributed by atoms with van der Waals surface area (Å²) in [6, 6.07) is 19.4. The maximum Gasteiger partial charge on any atom is 1.00 e. The first-order valence-electron chi connectivity index (χ1n) is 6.72. The van der Waals surface area contributed by atoms with Crippen LogP contribution in [-0.2, 0) is 16.8 Å². The van der Waals surface area contributed by atoms with Gasteiger partial charge in [0.25, 0.3) is 0 Å². The molecule has 0 aliphatic rings. The first-order chi connectivity index (χ1) is 9.92. The molecule has 0 fully saturated rings. The molecule has 23 heavy (non-hydrogen) atoms. The van der Waals surface area contributed by atoms with Crippen molar-refractivity contribution < 1.29 is 76.6 Å². The average molecular weight is 352 g/mol. The zero-order chi connectivity index (χ0) is 15.7. The van der Waals surface area contributed by atoms with Gasteiger partial charge in [0.15, 0.2) is 0 Å². The number of hydrogen-bond donors (Lipinski definition) is 0. The number of aryl methyl sites for hydroxylation is 1. The summed E-state index contributed by atoms with van der Waals surface area (Å²) in [5.74, 6) is 0. The van der Waals surface area contributed by atoms with Crippen molar-refractivity contribution in [1.29, 1.82) is 0 Å². The summed E-state index contributed by atoms with van der Waals surface area (Å²) in [5, 5.41) is 0. The van der Waals surface area contributed by atoms with E-state index >= 15 is 0 Å². The third kappa shape index (κ3) is 12.3. The quantitative estimate of drug-likeness (QED) is 0.342. The van der Waals surface area contributed by atoms with Crippen LogP contribution in [-0.4, -0.2) is 17.5 Å². The standard InChI is InChI=1S/C16H18.2Na.H2O4S/c1-2-3-9-14-12-7-8-13-16(14)15-10-5-4-6-11-15;;;1-5(2,3)4/h4-8,10-13H,2-3,9H2,1H3;;;(H2,1,2,3,4)/q;2*+1;/p-2. The Morgan fingerprint density at radius 1 is 0.870 bits per heavy atom. The predicted octanol–water partition coefficient (Wildman–Crippen LogP) is -2.63. The van der Waals surface area contributed by atoms with Gasteiger partial charge in [0.1, 0.15) is 0 Å². The van der Waals surface area contributed by atoms with Gasteiger partial charge in [0, 0.05) is 10.4 Å². The monoisotopic (exact) mass is 352 g/mol. The summed E-state index contributed by atoms with van der Waals surface area (Å²) in [5.41, 5.74) is 4.18. The van der Waals surface area contributed by atoms with Gasteiger partial charge in [-0.15, -0.1) is 0 Å². The van der Waals surface area contributed by atoms with E-state index in [-0.39, 0.29) is 59.1 Å². The molecule has 0 heterocycles. The summed E-state index contributed by atoms with van der Waals surface area (Å²) >= 11 is 0. The fourth-order valence-corrected chi connectivity index (χ4v) is 2.00. The molecule has 0 amide bonds. The van der Waals surface area contributed by atoms with Crippen molar-refractivity contribution >= 4 is 10.4 Å². The van der Waals surface area contributed by atoms with Crippen LogP contribution in [0.4, 0.5) is 0 Å². The van der Waals surface area contributed by atoms with Crippen LogP contribution < -0.4 is 59.1 Å². The Bertz CT molecular complexity index is 638. The summed E-state index contributed by atoms with van der Waals surface area (Å²) in [7, 11) is -5.17. The molecular formula is C16H18Na2O4S. The number of hydrogen-bond acceptors (Lipinski definition) is 4. The van der Waals surface area contributed by atoms with E-state index in [9.17, 15) is 0 Å². The van der Waals surface area contributed by atoms with Gasteiger partial charge in [-0.1, -0.05) is 67.9 Å². The summed E-state index contributed by atoms with van der Waals surface area (Å²) in [6.07, 6.45) is 3.70. The average Bonchev–Trinajstić information content (AvgIpc) is 2.45. The molecule has 0 aliphatic carbocycles. The molecule has 0 N–H and O–H groups in total. The van der Waals surface area contributed by atoms with E-state index in [1.54, 1.807) is 0 Å². The van der Waals surface area contributed by atoms with Crippen LogP contribution in [0.3, 0.4) is 0 Å². The number of unbranched alkanes of at least 4 members (excludes halogenated alkanes) is 1. The van der Waals surface area contributed by atoms with Crippen LogP contribution in [0, 0.1) is 0 Å². The van der Waals surface area contributed by atoms with Gasteiger partial charge < -0.3 is 9.11 Å². The minimum atomic E-state index is -5.17. The fraction of sp³-hybridized carbons (Fsp3) is 0.250. The molecule has 2 rings (SSSR count). The Labute approximate surface area is 182 Å². The summed E-state index contributed by atoms with van der Waals surface area (Å²) < 4.78 is 34.1. The molecule has 0 atom stereocenters. The smallest absolute Gasteiger partial charge is 0.759 e. The Morgan fingerprint density at radius 2 is 1.35 bits per heavy atom. The van der Waals surface area contributed by atoms with E-state index in [1.807, 2.05) is 0 Å². The summed E-state index contributed by atoms with van der Waals surface area (Å²) in [6.45, 7) is 2.24. The Balaban J connectivity index is 0. The first-order valence-corrected chi connectivity index (χ1v) is 8.05. The van der Waals surface area contributed by atoms with Crippen molar-refractivity contribution in [3.63, 3.8) is 0 Å². The third-order valence-corrected chi connectivity index (χ3v) is 2.90. The van der Waals surface area contributed by atoms with Crippen molar-refractivity contribution in [2.45, 2.75) is 26.2 Å². The van der Waals surface area contributed by atoms with E-state index in [0.717, 1.165) is 0 Å². The molecule has 0 aromatic heterocycles. The van der Waals surface area contributed by atoms with Gasteiger partial charge in [-0.2, -0.15) is 0 Å². The molecule has 2 aromatic carbocycles. The minimum absolute atomic E-state index is 0. The van der Waals surface area contributed by atoms with Crippen LogP contribution in [0.1, 0.15) is 25.3 Å². The third-order valence-electron chi connectivity index (χ3n) is 2.90. The van der Waals surface area contributed by atoms with Gasteiger partial charge in [0.05, 0.1) is 0 Å². The van der Waals surface area contributed by atoms with Crippen LogP contribution >= 0.6 is 0 Å². The van der Waals surface area contributed by atoms with Crippen molar-refractivity contribution in [1.82, 2.24) is 0 Å². The molecule has 2 aromatic rings. The Kier molecular flexibility index (Phi) is 15.1. The van der Waals surface area contributed by atoms with Gasteiger partial charge in [0.2, 0.25) is 0 Å². The Hall–Kier alpha value is 0.310. The molecular weight excluding hydrogens is 334 g/mol. The molecule has 0 saturated heterocycles. The van der Waals surface area contributed by atoms with E-state index < -0.39 is 10.4 Å². The van der Waals surface area contributed by atoms with Crippen LogP contribution in [0.5, 0.6) is 0 Å². The van der Waals surface area contributed by atoms with E-state index in [0.29, 0.717) is 0 Å². The molecule has 0 unspecified atom stereocenters. The fourth-order valence-electron chi connectivity index (χ4n) is 2.00. The molecule has 0 spiro atoms. The molecule has 0 saturated carbocycles. The van der Waals surface area contributed by atoms with E-state index in [1.165, 1.54) is 36.0 Å². The van der Waals surface area contributed by atoms with Gasteiger partial charge >= 0.3 is 59.1 Å². The predicted molar refractivity (Wildman–Crippen MR) is 81.0 cm³/mol. The minimum Gasteiger partial charge on any atom is -0.759 e. The number of rotatable bonds is 4. The van der Waals surface area contributed by atoms with Gasteiger partial charge in [-0.05, 0) is 29.5 Å². The molecule has 7 heteroatoms. The van der Waals surface area contributed by atoms with Crippen LogP contribution in [0.15, 0.2) is 54.6 Å². The SMILES string of the molecule is CCCCc1ccccc1-c1ccccc1.O=S(=O)([O-])[O-].[Na+].[Na+]. The maximum absolute atomic E-state index is 8.52. The second-order valence-electron chi connectivity index (χ2n) is 4.53. The van der Waals surface area contributed by atoms with Gasteiger partial charge in [-0.25, -0.2) is 0 Å². The zero-order valence-electron chi connectivity index (χ0n) is 13.9.